The number of aryl methyl sites for hydroxylation is 3. The molecule has 0 fully saturated rings. The van der Waals surface area contributed by atoms with E-state index < -0.39 is 0 Å². The van der Waals surface area contributed by atoms with Crippen LogP contribution in [-0.4, -0.2) is 9.97 Å². The first-order valence-corrected chi connectivity index (χ1v) is 5.74. The van der Waals surface area contributed by atoms with Crippen LogP contribution in [0.1, 0.15) is 16.7 Å². The molecule has 0 saturated carbocycles. The van der Waals surface area contributed by atoms with Crippen LogP contribution in [0, 0.1) is 20.8 Å². The topological polar surface area (TPSA) is 75.9 Å². The van der Waals surface area contributed by atoms with E-state index in [4.69, 9.17) is 5.84 Å². The van der Waals surface area contributed by atoms with Crippen molar-refractivity contribution in [3.8, 4) is 0 Å². The third-order valence-electron chi connectivity index (χ3n) is 2.59. The van der Waals surface area contributed by atoms with Crippen LogP contribution in [0.5, 0.6) is 0 Å². The molecule has 1 heterocycles. The number of hydrogen-bond donors (Lipinski definition) is 3. The molecule has 5 heteroatoms. The lowest BCUT2D eigenvalue weighted by Gasteiger charge is -2.11. The lowest BCUT2D eigenvalue weighted by Crippen LogP contribution is -2.11. The Labute approximate surface area is 106 Å². The summed E-state index contributed by atoms with van der Waals surface area (Å²) in [7, 11) is 0. The van der Waals surface area contributed by atoms with E-state index >= 15 is 0 Å². The van der Waals surface area contributed by atoms with Crippen LogP contribution >= 0.6 is 0 Å². The maximum atomic E-state index is 5.31. The standard InChI is InChI=1S/C13H17N5/c1-8-4-9(2)6-11(5-8)16-12-10(3)7-15-13(17-12)18-14/h4-7H,14H2,1-3H3,(H2,15,16,17,18). The van der Waals surface area contributed by atoms with Gasteiger partial charge in [-0.1, -0.05) is 6.07 Å². The number of nitrogens with one attached hydrogen (secondary N) is 2. The summed E-state index contributed by atoms with van der Waals surface area (Å²) in [5.41, 5.74) is 6.84. The van der Waals surface area contributed by atoms with Gasteiger partial charge >= 0.3 is 0 Å². The van der Waals surface area contributed by atoms with Crippen molar-refractivity contribution in [1.29, 1.82) is 0 Å². The predicted molar refractivity (Wildman–Crippen MR) is 73.8 cm³/mol. The number of aromatic nitrogens is 2. The molecule has 1 aromatic carbocycles. The van der Waals surface area contributed by atoms with Gasteiger partial charge in [-0.2, -0.15) is 4.98 Å². The van der Waals surface area contributed by atoms with Crippen LogP contribution in [0.4, 0.5) is 17.5 Å². The largest absolute Gasteiger partial charge is 0.340 e. The van der Waals surface area contributed by atoms with Gasteiger partial charge in [0.15, 0.2) is 0 Å². The molecule has 18 heavy (non-hydrogen) atoms. The van der Waals surface area contributed by atoms with E-state index in [9.17, 15) is 0 Å². The SMILES string of the molecule is Cc1cc(C)cc(Nc2nc(NN)ncc2C)c1. The van der Waals surface area contributed by atoms with Gasteiger partial charge in [0, 0.05) is 17.4 Å². The Morgan fingerprint density at radius 1 is 1.06 bits per heavy atom. The zero-order chi connectivity index (χ0) is 13.1. The van der Waals surface area contributed by atoms with Gasteiger partial charge < -0.3 is 5.32 Å². The normalized spacial score (nSPS) is 10.2. The van der Waals surface area contributed by atoms with Gasteiger partial charge in [-0.15, -0.1) is 0 Å². The molecule has 1 aromatic heterocycles. The van der Waals surface area contributed by atoms with E-state index in [0.717, 1.165) is 17.1 Å². The first-order chi connectivity index (χ1) is 8.58. The highest BCUT2D eigenvalue weighted by atomic mass is 15.3. The molecular formula is C13H17N5. The number of nitrogen functional groups attached to an aromatic ring is 1. The molecular weight excluding hydrogens is 226 g/mol. The second kappa shape index (κ2) is 5.01. The van der Waals surface area contributed by atoms with Crippen LogP contribution in [0.3, 0.4) is 0 Å². The minimum absolute atomic E-state index is 0.396. The first kappa shape index (κ1) is 12.3. The minimum Gasteiger partial charge on any atom is -0.340 e. The zero-order valence-corrected chi connectivity index (χ0v) is 10.8. The summed E-state index contributed by atoms with van der Waals surface area (Å²) in [6, 6.07) is 6.28. The third kappa shape index (κ3) is 2.75. The molecule has 0 unspecified atom stereocenters. The zero-order valence-electron chi connectivity index (χ0n) is 10.8. The average Bonchev–Trinajstić information content (AvgIpc) is 2.30. The van der Waals surface area contributed by atoms with Gasteiger partial charge in [-0.3, -0.25) is 5.43 Å². The molecule has 94 valence electrons. The predicted octanol–water partition coefficient (Wildman–Crippen LogP) is 2.43. The van der Waals surface area contributed by atoms with Crippen molar-refractivity contribution in [2.45, 2.75) is 20.8 Å². The van der Waals surface area contributed by atoms with Gasteiger partial charge in [-0.25, -0.2) is 10.8 Å². The molecule has 0 radical (unpaired) electrons. The summed E-state index contributed by atoms with van der Waals surface area (Å²) in [6.07, 6.45) is 1.73. The lowest BCUT2D eigenvalue weighted by molar-refractivity contribution is 1.09. The molecule has 4 N–H and O–H groups in total. The summed E-state index contributed by atoms with van der Waals surface area (Å²) >= 11 is 0. The molecule has 0 saturated heterocycles. The third-order valence-corrected chi connectivity index (χ3v) is 2.59. The Bertz CT molecular complexity index is 545. The highest BCUT2D eigenvalue weighted by molar-refractivity contribution is 5.61. The molecule has 0 spiro atoms. The molecule has 0 bridgehead atoms. The number of nitrogens with two attached hydrogens (primary N) is 1. The quantitative estimate of drug-likeness (QED) is 0.570. The van der Waals surface area contributed by atoms with Crippen LogP contribution in [0.2, 0.25) is 0 Å². The maximum absolute atomic E-state index is 5.31. The average molecular weight is 243 g/mol. The smallest absolute Gasteiger partial charge is 0.239 e. The fraction of sp³-hybridized carbons (Fsp3) is 0.231. The Morgan fingerprint density at radius 2 is 1.72 bits per heavy atom. The van der Waals surface area contributed by atoms with Crippen molar-refractivity contribution in [2.24, 2.45) is 5.84 Å². The van der Waals surface area contributed by atoms with E-state index in [1.54, 1.807) is 6.20 Å². The van der Waals surface area contributed by atoms with Crippen molar-refractivity contribution < 1.29 is 0 Å². The van der Waals surface area contributed by atoms with Gasteiger partial charge in [0.2, 0.25) is 5.95 Å². The summed E-state index contributed by atoms with van der Waals surface area (Å²) in [4.78, 5) is 8.33. The van der Waals surface area contributed by atoms with Crippen LogP contribution in [0.15, 0.2) is 24.4 Å². The second-order valence-electron chi connectivity index (χ2n) is 4.37. The van der Waals surface area contributed by atoms with E-state index in [1.165, 1.54) is 11.1 Å². The highest BCUT2D eigenvalue weighted by Crippen LogP contribution is 2.21. The first-order valence-electron chi connectivity index (χ1n) is 5.74. The van der Waals surface area contributed by atoms with E-state index in [1.807, 2.05) is 6.92 Å². The number of rotatable bonds is 3. The Morgan fingerprint density at radius 3 is 2.33 bits per heavy atom. The van der Waals surface area contributed by atoms with E-state index in [-0.39, 0.29) is 0 Å². The molecule has 2 aromatic rings. The van der Waals surface area contributed by atoms with E-state index in [0.29, 0.717) is 5.95 Å². The summed E-state index contributed by atoms with van der Waals surface area (Å²) in [5, 5.41) is 3.28. The summed E-state index contributed by atoms with van der Waals surface area (Å²) < 4.78 is 0. The fourth-order valence-corrected chi connectivity index (χ4v) is 1.82. The van der Waals surface area contributed by atoms with Gasteiger partial charge in [0.05, 0.1) is 0 Å². The molecule has 0 aliphatic rings. The number of anilines is 3. The van der Waals surface area contributed by atoms with E-state index in [2.05, 4.69) is 52.8 Å². The molecule has 2 rings (SSSR count). The number of benzene rings is 1. The molecule has 0 aliphatic carbocycles. The monoisotopic (exact) mass is 243 g/mol. The van der Waals surface area contributed by atoms with Gasteiger partial charge in [0.1, 0.15) is 5.82 Å². The van der Waals surface area contributed by atoms with Crippen molar-refractivity contribution in [2.75, 3.05) is 10.7 Å². The molecule has 0 aliphatic heterocycles. The molecule has 5 nitrogen and oxygen atoms in total. The van der Waals surface area contributed by atoms with Crippen molar-refractivity contribution in [1.82, 2.24) is 9.97 Å². The minimum atomic E-state index is 0.396. The molecule has 0 amide bonds. The summed E-state index contributed by atoms with van der Waals surface area (Å²) in [5.74, 6) is 6.46. The Balaban J connectivity index is 2.33. The highest BCUT2D eigenvalue weighted by Gasteiger charge is 2.04. The number of hydrazine groups is 1. The van der Waals surface area contributed by atoms with Gasteiger partial charge in [0.25, 0.3) is 0 Å². The molecule has 0 atom stereocenters. The Kier molecular flexibility index (Phi) is 3.43. The second-order valence-corrected chi connectivity index (χ2v) is 4.37. The van der Waals surface area contributed by atoms with Gasteiger partial charge in [-0.05, 0) is 44.0 Å². The fourth-order valence-electron chi connectivity index (χ4n) is 1.82. The number of nitrogens with zero attached hydrogens (tertiary/aromatic N) is 2. The van der Waals surface area contributed by atoms with Crippen molar-refractivity contribution in [3.05, 3.63) is 41.1 Å². The number of hydrogen-bond acceptors (Lipinski definition) is 5. The van der Waals surface area contributed by atoms with Crippen molar-refractivity contribution >= 4 is 17.5 Å². The van der Waals surface area contributed by atoms with Crippen LogP contribution in [0.25, 0.3) is 0 Å². The Hall–Kier alpha value is -2.14. The lowest BCUT2D eigenvalue weighted by atomic mass is 10.1. The maximum Gasteiger partial charge on any atom is 0.239 e. The van der Waals surface area contributed by atoms with Crippen molar-refractivity contribution in [3.63, 3.8) is 0 Å². The van der Waals surface area contributed by atoms with Crippen LogP contribution < -0.4 is 16.6 Å². The van der Waals surface area contributed by atoms with Crippen LogP contribution in [-0.2, 0) is 0 Å². The summed E-state index contributed by atoms with van der Waals surface area (Å²) in [6.45, 7) is 6.08.